The molecule has 0 aliphatic carbocycles. The number of halogens is 1. The Morgan fingerprint density at radius 2 is 2.11 bits per heavy atom. The van der Waals surface area contributed by atoms with Gasteiger partial charge in [-0.15, -0.1) is 11.8 Å². The van der Waals surface area contributed by atoms with Gasteiger partial charge in [0.1, 0.15) is 11.9 Å². The fourth-order valence-corrected chi connectivity index (χ4v) is 6.11. The molecule has 0 spiro atoms. The van der Waals surface area contributed by atoms with Crippen molar-refractivity contribution in [2.24, 2.45) is 11.8 Å². The van der Waals surface area contributed by atoms with Crippen molar-refractivity contribution in [2.75, 3.05) is 32.5 Å². The van der Waals surface area contributed by atoms with Gasteiger partial charge in [0.25, 0.3) is 0 Å². The van der Waals surface area contributed by atoms with E-state index in [2.05, 4.69) is 41.1 Å². The summed E-state index contributed by atoms with van der Waals surface area (Å²) in [5.74, 6) is 0.440. The van der Waals surface area contributed by atoms with Crippen LogP contribution in [0.3, 0.4) is 0 Å². The van der Waals surface area contributed by atoms with E-state index >= 15 is 4.39 Å². The molecular formula is C29H35FN2O3S. The number of piperidine rings is 1. The summed E-state index contributed by atoms with van der Waals surface area (Å²) in [6.45, 7) is 4.43. The number of thioether (sulfide) groups is 1. The van der Waals surface area contributed by atoms with Gasteiger partial charge < -0.3 is 14.7 Å². The zero-order valence-corrected chi connectivity index (χ0v) is 21.8. The van der Waals surface area contributed by atoms with Gasteiger partial charge in [-0.05, 0) is 98.8 Å². The number of carboxylic acid groups (broad SMARTS) is 1. The van der Waals surface area contributed by atoms with E-state index in [4.69, 9.17) is 4.74 Å². The van der Waals surface area contributed by atoms with E-state index in [0.717, 1.165) is 42.6 Å². The van der Waals surface area contributed by atoms with Gasteiger partial charge in [0.15, 0.2) is 0 Å². The van der Waals surface area contributed by atoms with Crippen LogP contribution in [0.25, 0.3) is 10.9 Å². The highest BCUT2D eigenvalue weighted by Crippen LogP contribution is 2.35. The van der Waals surface area contributed by atoms with Gasteiger partial charge in [-0.1, -0.05) is 18.2 Å². The Bertz CT molecular complexity index is 1170. The number of benzene rings is 2. The number of aromatic nitrogens is 1. The average Bonchev–Trinajstić information content (AvgIpc) is 2.90. The van der Waals surface area contributed by atoms with Crippen molar-refractivity contribution in [3.8, 4) is 5.75 Å². The van der Waals surface area contributed by atoms with Gasteiger partial charge in [-0.2, -0.15) is 0 Å². The van der Waals surface area contributed by atoms with Crippen LogP contribution in [0.15, 0.2) is 59.6 Å². The standard InChI is InChI=1S/C29H35FN2O3S/c1-20-6-3-4-7-28(20)36-17-5-15-32-16-13-21(25(19-32)29(33)34)8-10-26(30)23-12-14-31-27-11-9-22(35-2)18-24(23)27/h3-4,6-7,9,11-12,14,18,21,25-26H,5,8,10,13,15-17,19H2,1-2H3,(H,33,34)/t21-,25+,26-/m1/s1. The van der Waals surface area contributed by atoms with E-state index in [0.29, 0.717) is 30.7 Å². The van der Waals surface area contributed by atoms with Gasteiger partial charge >= 0.3 is 5.97 Å². The van der Waals surface area contributed by atoms with Crippen LogP contribution < -0.4 is 4.74 Å². The molecule has 1 fully saturated rings. The summed E-state index contributed by atoms with van der Waals surface area (Å²) in [5, 5.41) is 10.7. The first-order valence-electron chi connectivity index (χ1n) is 12.7. The lowest BCUT2D eigenvalue weighted by atomic mass is 9.81. The largest absolute Gasteiger partial charge is 0.497 e. The van der Waals surface area contributed by atoms with Crippen LogP contribution in [0, 0.1) is 18.8 Å². The first-order valence-corrected chi connectivity index (χ1v) is 13.6. The van der Waals surface area contributed by atoms with E-state index in [9.17, 15) is 9.90 Å². The molecule has 0 radical (unpaired) electrons. The molecule has 0 bridgehead atoms. The number of hydrogen-bond acceptors (Lipinski definition) is 5. The molecule has 1 aromatic heterocycles. The van der Waals surface area contributed by atoms with Crippen molar-refractivity contribution in [1.82, 2.24) is 9.88 Å². The minimum atomic E-state index is -1.17. The lowest BCUT2D eigenvalue weighted by molar-refractivity contribution is -0.146. The molecule has 1 N–H and O–H groups in total. The van der Waals surface area contributed by atoms with Crippen molar-refractivity contribution in [2.45, 2.75) is 43.7 Å². The van der Waals surface area contributed by atoms with Gasteiger partial charge in [0.2, 0.25) is 0 Å². The lowest BCUT2D eigenvalue weighted by Gasteiger charge is -2.36. The van der Waals surface area contributed by atoms with Crippen LogP contribution in [0.2, 0.25) is 0 Å². The Labute approximate surface area is 217 Å². The molecule has 3 atom stereocenters. The van der Waals surface area contributed by atoms with E-state index in [1.54, 1.807) is 19.4 Å². The summed E-state index contributed by atoms with van der Waals surface area (Å²) in [4.78, 5) is 20.0. The second-order valence-electron chi connectivity index (χ2n) is 9.59. The Hall–Kier alpha value is -2.64. The number of nitrogens with zero attached hydrogens (tertiary/aromatic N) is 2. The molecule has 1 saturated heterocycles. The molecule has 5 nitrogen and oxygen atoms in total. The molecule has 36 heavy (non-hydrogen) atoms. The van der Waals surface area contributed by atoms with Crippen LogP contribution in [0.1, 0.15) is 43.0 Å². The molecule has 1 aliphatic heterocycles. The maximum atomic E-state index is 15.4. The van der Waals surface area contributed by atoms with Gasteiger partial charge in [-0.3, -0.25) is 9.78 Å². The SMILES string of the molecule is COc1ccc2nccc([C@H](F)CC[C@@H]3CCN(CCCSc4ccccc4C)C[C@@H]3C(=O)O)c2c1. The normalized spacial score (nSPS) is 19.3. The number of ether oxygens (including phenoxy) is 1. The highest BCUT2D eigenvalue weighted by molar-refractivity contribution is 7.99. The molecule has 0 unspecified atom stereocenters. The van der Waals surface area contributed by atoms with Crippen molar-refractivity contribution < 1.29 is 19.0 Å². The number of carboxylic acids is 1. The fourth-order valence-electron chi connectivity index (χ4n) is 5.15. The summed E-state index contributed by atoms with van der Waals surface area (Å²) in [6, 6.07) is 15.6. The number of aryl methyl sites for hydroxylation is 1. The number of carbonyl (C=O) groups is 1. The highest BCUT2D eigenvalue weighted by Gasteiger charge is 2.34. The molecular weight excluding hydrogens is 475 g/mol. The van der Waals surface area contributed by atoms with Crippen LogP contribution in [-0.2, 0) is 4.79 Å². The minimum Gasteiger partial charge on any atom is -0.497 e. The van der Waals surface area contributed by atoms with E-state index in [1.807, 2.05) is 30.0 Å². The third kappa shape index (κ3) is 6.56. The number of aliphatic carboxylic acids is 1. The van der Waals surface area contributed by atoms with Crippen molar-refractivity contribution in [3.63, 3.8) is 0 Å². The molecule has 0 amide bonds. The molecule has 4 rings (SSSR count). The molecule has 0 saturated carbocycles. The number of likely N-dealkylation sites (tertiary alicyclic amines) is 1. The molecule has 2 heterocycles. The van der Waals surface area contributed by atoms with E-state index < -0.39 is 18.1 Å². The third-order valence-electron chi connectivity index (χ3n) is 7.24. The third-order valence-corrected chi connectivity index (χ3v) is 8.50. The van der Waals surface area contributed by atoms with Crippen molar-refractivity contribution in [3.05, 3.63) is 65.9 Å². The Balaban J connectivity index is 1.30. The predicted octanol–water partition coefficient (Wildman–Crippen LogP) is 6.55. The zero-order valence-electron chi connectivity index (χ0n) is 21.0. The fraction of sp³-hybridized carbons (Fsp3) is 0.448. The molecule has 2 aromatic carbocycles. The lowest BCUT2D eigenvalue weighted by Crippen LogP contribution is -2.44. The maximum absolute atomic E-state index is 15.4. The predicted molar refractivity (Wildman–Crippen MR) is 144 cm³/mol. The Morgan fingerprint density at radius 1 is 1.28 bits per heavy atom. The topological polar surface area (TPSA) is 62.7 Å². The van der Waals surface area contributed by atoms with Gasteiger partial charge in [0.05, 0.1) is 18.5 Å². The highest BCUT2D eigenvalue weighted by atomic mass is 32.2. The van der Waals surface area contributed by atoms with Crippen molar-refractivity contribution in [1.29, 1.82) is 0 Å². The van der Waals surface area contributed by atoms with Gasteiger partial charge in [-0.25, -0.2) is 4.39 Å². The number of fused-ring (bicyclic) bond motifs is 1. The van der Waals surface area contributed by atoms with Crippen molar-refractivity contribution >= 4 is 28.6 Å². The second-order valence-corrected chi connectivity index (χ2v) is 10.7. The second kappa shape index (κ2) is 12.5. The zero-order chi connectivity index (χ0) is 25.5. The summed E-state index contributed by atoms with van der Waals surface area (Å²) < 4.78 is 20.7. The van der Waals surface area contributed by atoms with Gasteiger partial charge in [0, 0.05) is 23.0 Å². The smallest absolute Gasteiger partial charge is 0.308 e. The molecule has 192 valence electrons. The summed E-state index contributed by atoms with van der Waals surface area (Å²) >= 11 is 1.86. The van der Waals surface area contributed by atoms with Crippen LogP contribution >= 0.6 is 11.8 Å². The number of rotatable bonds is 11. The van der Waals surface area contributed by atoms with E-state index in [-0.39, 0.29) is 5.92 Å². The first-order chi connectivity index (χ1) is 17.5. The summed E-state index contributed by atoms with van der Waals surface area (Å²) in [5.41, 5.74) is 2.61. The van der Waals surface area contributed by atoms with Crippen LogP contribution in [-0.4, -0.2) is 53.5 Å². The number of hydrogen-bond donors (Lipinski definition) is 1. The maximum Gasteiger partial charge on any atom is 0.308 e. The number of methoxy groups -OCH3 is 1. The molecule has 1 aliphatic rings. The molecule has 3 aromatic rings. The number of alkyl halides is 1. The first kappa shape index (κ1) is 26.4. The molecule has 7 heteroatoms. The average molecular weight is 511 g/mol. The summed E-state index contributed by atoms with van der Waals surface area (Å²) in [7, 11) is 1.59. The Morgan fingerprint density at radius 3 is 2.89 bits per heavy atom. The Kier molecular flexibility index (Phi) is 9.21. The monoisotopic (exact) mass is 510 g/mol. The van der Waals surface area contributed by atoms with E-state index in [1.165, 1.54) is 10.5 Å². The summed E-state index contributed by atoms with van der Waals surface area (Å²) in [6.07, 6.45) is 3.13. The van der Waals surface area contributed by atoms with Crippen LogP contribution in [0.5, 0.6) is 5.75 Å². The minimum absolute atomic E-state index is 0.0130. The quantitative estimate of drug-likeness (QED) is 0.233. The number of pyridine rings is 1. The van der Waals surface area contributed by atoms with Crippen LogP contribution in [0.4, 0.5) is 4.39 Å².